The molecular formula is C12H26N2O2. The summed E-state index contributed by atoms with van der Waals surface area (Å²) in [6.45, 7) is 7.29. The lowest BCUT2D eigenvalue weighted by molar-refractivity contribution is 0.0480. The fourth-order valence-electron chi connectivity index (χ4n) is 2.18. The summed E-state index contributed by atoms with van der Waals surface area (Å²) in [6.07, 6.45) is 2.06. The van der Waals surface area contributed by atoms with Crippen molar-refractivity contribution in [2.75, 3.05) is 46.4 Å². The zero-order chi connectivity index (χ0) is 11.8. The number of nitrogens with zero attached hydrogens (tertiary/aromatic N) is 1. The van der Waals surface area contributed by atoms with Gasteiger partial charge in [-0.15, -0.1) is 0 Å². The van der Waals surface area contributed by atoms with Crippen LogP contribution in [0, 0.1) is 5.92 Å². The van der Waals surface area contributed by atoms with Crippen LogP contribution >= 0.6 is 0 Å². The predicted molar refractivity (Wildman–Crippen MR) is 65.6 cm³/mol. The highest BCUT2D eigenvalue weighted by molar-refractivity contribution is 4.70. The Morgan fingerprint density at radius 3 is 2.75 bits per heavy atom. The van der Waals surface area contributed by atoms with Crippen LogP contribution in [0.3, 0.4) is 0 Å². The molecule has 1 aliphatic rings. The Morgan fingerprint density at radius 2 is 2.12 bits per heavy atom. The number of hydrogen-bond donors (Lipinski definition) is 2. The van der Waals surface area contributed by atoms with E-state index in [1.54, 1.807) is 0 Å². The topological polar surface area (TPSA) is 44.7 Å². The lowest BCUT2D eigenvalue weighted by atomic mass is 10.00. The SMILES string of the molecule is CCNCC(O)CN(C)CC1CCOCC1. The second-order valence-electron chi connectivity index (χ2n) is 4.74. The van der Waals surface area contributed by atoms with E-state index in [0.717, 1.165) is 51.6 Å². The Hall–Kier alpha value is -0.160. The summed E-state index contributed by atoms with van der Waals surface area (Å²) < 4.78 is 5.34. The van der Waals surface area contributed by atoms with Gasteiger partial charge in [-0.1, -0.05) is 6.92 Å². The normalized spacial score (nSPS) is 20.2. The summed E-state index contributed by atoms with van der Waals surface area (Å²) in [4.78, 5) is 2.23. The number of hydrogen-bond acceptors (Lipinski definition) is 4. The number of rotatable bonds is 7. The summed E-state index contributed by atoms with van der Waals surface area (Å²) in [5.41, 5.74) is 0. The largest absolute Gasteiger partial charge is 0.390 e. The van der Waals surface area contributed by atoms with Crippen LogP contribution in [0.1, 0.15) is 19.8 Å². The van der Waals surface area contributed by atoms with E-state index in [0.29, 0.717) is 6.54 Å². The molecule has 0 aromatic carbocycles. The quantitative estimate of drug-likeness (QED) is 0.661. The van der Waals surface area contributed by atoms with Crippen molar-refractivity contribution in [2.24, 2.45) is 5.92 Å². The molecule has 96 valence electrons. The number of aliphatic hydroxyl groups excluding tert-OH is 1. The van der Waals surface area contributed by atoms with Gasteiger partial charge < -0.3 is 20.1 Å². The number of nitrogens with one attached hydrogen (secondary N) is 1. The maximum atomic E-state index is 9.75. The van der Waals surface area contributed by atoms with E-state index >= 15 is 0 Å². The van der Waals surface area contributed by atoms with Crippen LogP contribution in [0.5, 0.6) is 0 Å². The van der Waals surface area contributed by atoms with Crippen LogP contribution in [0.15, 0.2) is 0 Å². The van der Waals surface area contributed by atoms with Gasteiger partial charge >= 0.3 is 0 Å². The summed E-state index contributed by atoms with van der Waals surface area (Å²) >= 11 is 0. The number of aliphatic hydroxyl groups is 1. The van der Waals surface area contributed by atoms with E-state index in [4.69, 9.17) is 4.74 Å². The minimum atomic E-state index is -0.259. The molecule has 0 spiro atoms. The van der Waals surface area contributed by atoms with Crippen LogP contribution in [0.2, 0.25) is 0 Å². The van der Waals surface area contributed by atoms with Gasteiger partial charge in [0.05, 0.1) is 6.10 Å². The molecule has 1 atom stereocenters. The van der Waals surface area contributed by atoms with Crippen molar-refractivity contribution in [3.8, 4) is 0 Å². The van der Waals surface area contributed by atoms with E-state index in [-0.39, 0.29) is 6.10 Å². The Kier molecular flexibility index (Phi) is 6.96. The van der Waals surface area contributed by atoms with Crippen molar-refractivity contribution in [2.45, 2.75) is 25.9 Å². The lowest BCUT2D eigenvalue weighted by Crippen LogP contribution is -2.39. The Balaban J connectivity index is 2.11. The van der Waals surface area contributed by atoms with E-state index in [2.05, 4.69) is 24.2 Å². The molecule has 0 saturated carbocycles. The third-order valence-electron chi connectivity index (χ3n) is 3.06. The summed E-state index contributed by atoms with van der Waals surface area (Å²) in [6, 6.07) is 0. The van der Waals surface area contributed by atoms with Gasteiger partial charge in [-0.3, -0.25) is 0 Å². The summed E-state index contributed by atoms with van der Waals surface area (Å²) in [5, 5.41) is 12.9. The zero-order valence-electron chi connectivity index (χ0n) is 10.6. The highest BCUT2D eigenvalue weighted by atomic mass is 16.5. The second-order valence-corrected chi connectivity index (χ2v) is 4.74. The summed E-state index contributed by atoms with van der Waals surface area (Å²) in [5.74, 6) is 0.741. The first kappa shape index (κ1) is 13.9. The van der Waals surface area contributed by atoms with Gasteiger partial charge in [-0.2, -0.15) is 0 Å². The molecule has 4 heteroatoms. The molecule has 0 bridgehead atoms. The van der Waals surface area contributed by atoms with Gasteiger partial charge in [0.25, 0.3) is 0 Å². The van der Waals surface area contributed by atoms with Crippen molar-refractivity contribution in [3.63, 3.8) is 0 Å². The monoisotopic (exact) mass is 230 g/mol. The average molecular weight is 230 g/mol. The maximum absolute atomic E-state index is 9.75. The van der Waals surface area contributed by atoms with Crippen LogP contribution in [0.25, 0.3) is 0 Å². The minimum absolute atomic E-state index is 0.259. The molecule has 0 amide bonds. The summed E-state index contributed by atoms with van der Waals surface area (Å²) in [7, 11) is 2.09. The van der Waals surface area contributed by atoms with E-state index in [1.165, 1.54) is 0 Å². The van der Waals surface area contributed by atoms with Crippen molar-refractivity contribution < 1.29 is 9.84 Å². The average Bonchev–Trinajstić information content (AvgIpc) is 2.27. The van der Waals surface area contributed by atoms with Crippen molar-refractivity contribution in [1.29, 1.82) is 0 Å². The van der Waals surface area contributed by atoms with Crippen molar-refractivity contribution in [3.05, 3.63) is 0 Å². The third kappa shape index (κ3) is 5.80. The van der Waals surface area contributed by atoms with Crippen LogP contribution in [-0.4, -0.2) is 62.6 Å². The first-order valence-electron chi connectivity index (χ1n) is 6.37. The smallest absolute Gasteiger partial charge is 0.0791 e. The van der Waals surface area contributed by atoms with Crippen molar-refractivity contribution >= 4 is 0 Å². The zero-order valence-corrected chi connectivity index (χ0v) is 10.6. The molecule has 1 aliphatic heterocycles. The molecule has 1 fully saturated rings. The molecule has 4 nitrogen and oxygen atoms in total. The molecule has 2 N–H and O–H groups in total. The molecule has 1 unspecified atom stereocenters. The van der Waals surface area contributed by atoms with Crippen LogP contribution < -0.4 is 5.32 Å². The first-order valence-corrected chi connectivity index (χ1v) is 6.37. The number of ether oxygens (including phenoxy) is 1. The standard InChI is InChI=1S/C12H26N2O2/c1-3-13-8-12(15)10-14(2)9-11-4-6-16-7-5-11/h11-13,15H,3-10H2,1-2H3. The fourth-order valence-corrected chi connectivity index (χ4v) is 2.18. The van der Waals surface area contributed by atoms with E-state index < -0.39 is 0 Å². The third-order valence-corrected chi connectivity index (χ3v) is 3.06. The highest BCUT2D eigenvalue weighted by Crippen LogP contribution is 2.15. The first-order chi connectivity index (χ1) is 7.72. The fraction of sp³-hybridized carbons (Fsp3) is 1.00. The molecule has 1 rings (SSSR count). The van der Waals surface area contributed by atoms with Gasteiger partial charge in [-0.05, 0) is 32.4 Å². The predicted octanol–water partition coefficient (Wildman–Crippen LogP) is 0.315. The Bertz CT molecular complexity index is 172. The molecular weight excluding hydrogens is 204 g/mol. The Labute approximate surface area is 99.0 Å². The molecule has 16 heavy (non-hydrogen) atoms. The van der Waals surface area contributed by atoms with Gasteiger partial charge in [0, 0.05) is 32.8 Å². The van der Waals surface area contributed by atoms with Gasteiger partial charge in [0.2, 0.25) is 0 Å². The molecule has 1 heterocycles. The highest BCUT2D eigenvalue weighted by Gasteiger charge is 2.17. The molecule has 0 radical (unpaired) electrons. The lowest BCUT2D eigenvalue weighted by Gasteiger charge is -2.28. The Morgan fingerprint density at radius 1 is 1.44 bits per heavy atom. The van der Waals surface area contributed by atoms with E-state index in [9.17, 15) is 5.11 Å². The van der Waals surface area contributed by atoms with E-state index in [1.807, 2.05) is 0 Å². The van der Waals surface area contributed by atoms with Gasteiger partial charge in [0.1, 0.15) is 0 Å². The van der Waals surface area contributed by atoms with Crippen LogP contribution in [-0.2, 0) is 4.74 Å². The number of likely N-dealkylation sites (N-methyl/N-ethyl adjacent to an activating group) is 2. The van der Waals surface area contributed by atoms with Crippen molar-refractivity contribution in [1.82, 2.24) is 10.2 Å². The van der Waals surface area contributed by atoms with Gasteiger partial charge in [0.15, 0.2) is 0 Å². The molecule has 0 aromatic heterocycles. The minimum Gasteiger partial charge on any atom is -0.390 e. The second kappa shape index (κ2) is 8.01. The molecule has 0 aromatic rings. The molecule has 1 saturated heterocycles. The molecule has 0 aliphatic carbocycles. The van der Waals surface area contributed by atoms with Gasteiger partial charge in [-0.25, -0.2) is 0 Å². The van der Waals surface area contributed by atoms with Crippen LogP contribution in [0.4, 0.5) is 0 Å². The maximum Gasteiger partial charge on any atom is 0.0791 e.